The molecule has 0 spiro atoms. The Morgan fingerprint density at radius 1 is 0.931 bits per heavy atom. The highest BCUT2D eigenvalue weighted by molar-refractivity contribution is 6.29. The molecule has 4 rings (SSSR count). The van der Waals surface area contributed by atoms with E-state index < -0.39 is 17.9 Å². The first-order valence-electron chi connectivity index (χ1n) is 8.46. The lowest BCUT2D eigenvalue weighted by molar-refractivity contribution is -0.132. The summed E-state index contributed by atoms with van der Waals surface area (Å²) in [6.45, 7) is 3.71. The molecule has 8 heteroatoms. The largest absolute Gasteiger partial charge is 0.478 e. The molecule has 1 atom stereocenters. The molecule has 0 radical (unpaired) electrons. The number of benzene rings is 1. The van der Waals surface area contributed by atoms with E-state index in [1.165, 1.54) is 12.1 Å². The Hall–Kier alpha value is -3.71. The number of aromatic carboxylic acids is 1. The highest BCUT2D eigenvalue weighted by atomic mass is 35.5. The Labute approximate surface area is 169 Å². The van der Waals surface area contributed by atoms with Gasteiger partial charge in [0.25, 0.3) is 0 Å². The maximum absolute atomic E-state index is 11.6. The molecule has 0 bridgehead atoms. The number of hydrogen-bond donors (Lipinski definition) is 2. The van der Waals surface area contributed by atoms with Crippen molar-refractivity contribution in [2.24, 2.45) is 0 Å². The summed E-state index contributed by atoms with van der Waals surface area (Å²) in [5.74, 6) is -2.49. The van der Waals surface area contributed by atoms with Crippen molar-refractivity contribution in [3.63, 3.8) is 0 Å². The number of pyridine rings is 2. The quantitative estimate of drug-likeness (QED) is 0.487. The third-order valence-electron chi connectivity index (χ3n) is 4.61. The van der Waals surface area contributed by atoms with E-state index >= 15 is 0 Å². The number of carboxylic acids is 2. The van der Waals surface area contributed by atoms with Gasteiger partial charge in [0, 0.05) is 22.3 Å². The van der Waals surface area contributed by atoms with Gasteiger partial charge in [0.05, 0.1) is 17.2 Å². The summed E-state index contributed by atoms with van der Waals surface area (Å²) in [4.78, 5) is 31.3. The Bertz CT molecular complexity index is 1170. The van der Waals surface area contributed by atoms with E-state index in [1.807, 2.05) is 0 Å². The summed E-state index contributed by atoms with van der Waals surface area (Å²) in [6, 6.07) is 12.9. The fourth-order valence-electron chi connectivity index (χ4n) is 3.19. The molecule has 0 saturated heterocycles. The van der Waals surface area contributed by atoms with Crippen LogP contribution in [0.4, 0.5) is 0 Å². The predicted octanol–water partition coefficient (Wildman–Crippen LogP) is 4.37. The van der Waals surface area contributed by atoms with Gasteiger partial charge in [-0.25, -0.2) is 19.6 Å². The second kappa shape index (κ2) is 7.03. The zero-order valence-electron chi connectivity index (χ0n) is 14.8. The Morgan fingerprint density at radius 2 is 1.55 bits per heavy atom. The van der Waals surface area contributed by atoms with Crippen LogP contribution in [0.1, 0.15) is 27.4 Å². The van der Waals surface area contributed by atoms with Gasteiger partial charge < -0.3 is 14.9 Å². The SMILES string of the molecule is C=C(C(=O)O)C1c2ccc(Cl)nc2Oc2nc(-c3ccc(C(=O)O)cc3)ccc21. The third kappa shape index (κ3) is 3.32. The monoisotopic (exact) mass is 408 g/mol. The summed E-state index contributed by atoms with van der Waals surface area (Å²) >= 11 is 5.96. The molecule has 7 nitrogen and oxygen atoms in total. The van der Waals surface area contributed by atoms with Crippen molar-refractivity contribution in [2.75, 3.05) is 0 Å². The summed E-state index contributed by atoms with van der Waals surface area (Å²) in [5, 5.41) is 18.7. The molecule has 0 fully saturated rings. The molecular weight excluding hydrogens is 396 g/mol. The lowest BCUT2D eigenvalue weighted by Crippen LogP contribution is -2.18. The van der Waals surface area contributed by atoms with Crippen LogP contribution in [0.5, 0.6) is 11.8 Å². The summed E-state index contributed by atoms with van der Waals surface area (Å²) in [5.41, 5.74) is 2.41. The van der Waals surface area contributed by atoms with Crippen LogP contribution in [0.2, 0.25) is 5.15 Å². The van der Waals surface area contributed by atoms with E-state index in [0.29, 0.717) is 22.4 Å². The molecule has 2 aromatic heterocycles. The average Bonchev–Trinajstić information content (AvgIpc) is 2.71. The topological polar surface area (TPSA) is 110 Å². The van der Waals surface area contributed by atoms with Crippen molar-refractivity contribution >= 4 is 23.5 Å². The number of halogens is 1. The van der Waals surface area contributed by atoms with Crippen LogP contribution >= 0.6 is 11.6 Å². The van der Waals surface area contributed by atoms with Gasteiger partial charge in [-0.05, 0) is 30.3 Å². The van der Waals surface area contributed by atoms with Crippen LogP contribution in [-0.2, 0) is 4.79 Å². The number of carbonyl (C=O) groups is 2. The molecule has 29 heavy (non-hydrogen) atoms. The van der Waals surface area contributed by atoms with Gasteiger partial charge >= 0.3 is 11.9 Å². The number of aliphatic carboxylic acids is 1. The number of fused-ring (bicyclic) bond motifs is 2. The molecule has 144 valence electrons. The first-order valence-corrected chi connectivity index (χ1v) is 8.84. The van der Waals surface area contributed by atoms with Crippen molar-refractivity contribution in [3.05, 3.63) is 82.5 Å². The van der Waals surface area contributed by atoms with Crippen LogP contribution in [0.3, 0.4) is 0 Å². The summed E-state index contributed by atoms with van der Waals surface area (Å²) in [6.07, 6.45) is 0. The van der Waals surface area contributed by atoms with Gasteiger partial charge in [-0.3, -0.25) is 0 Å². The van der Waals surface area contributed by atoms with Gasteiger partial charge in [-0.15, -0.1) is 0 Å². The lowest BCUT2D eigenvalue weighted by Gasteiger charge is -2.27. The molecule has 2 N–H and O–H groups in total. The van der Waals surface area contributed by atoms with Crippen LogP contribution in [-0.4, -0.2) is 32.1 Å². The van der Waals surface area contributed by atoms with Gasteiger partial charge in [-0.1, -0.05) is 36.4 Å². The molecule has 0 aliphatic carbocycles. The van der Waals surface area contributed by atoms with Gasteiger partial charge in [0.1, 0.15) is 5.15 Å². The lowest BCUT2D eigenvalue weighted by atomic mass is 9.85. The van der Waals surface area contributed by atoms with Gasteiger partial charge in [0.15, 0.2) is 0 Å². The first-order chi connectivity index (χ1) is 13.8. The Morgan fingerprint density at radius 3 is 2.17 bits per heavy atom. The minimum Gasteiger partial charge on any atom is -0.478 e. The number of hydrogen-bond acceptors (Lipinski definition) is 5. The molecule has 3 heterocycles. The standard InChI is InChI=1S/C21H13ClN2O5/c1-10(20(25)26)17-13-6-8-15(11-2-4-12(5-3-11)21(27)28)23-18(13)29-19-14(17)7-9-16(22)24-19/h2-9,17H,1H2,(H,25,26)(H,27,28). The molecule has 0 amide bonds. The number of aromatic nitrogens is 2. The predicted molar refractivity (Wildman–Crippen MR) is 105 cm³/mol. The Balaban J connectivity index is 1.81. The van der Waals surface area contributed by atoms with E-state index in [0.717, 1.165) is 0 Å². The molecule has 1 unspecified atom stereocenters. The molecule has 0 saturated carbocycles. The van der Waals surface area contributed by atoms with Crippen molar-refractivity contribution in [1.29, 1.82) is 0 Å². The molecule has 3 aromatic rings. The molecule has 1 aliphatic heterocycles. The van der Waals surface area contributed by atoms with Crippen LogP contribution in [0.15, 0.2) is 60.7 Å². The molecule has 1 aliphatic rings. The van der Waals surface area contributed by atoms with Crippen molar-refractivity contribution in [2.45, 2.75) is 5.92 Å². The highest BCUT2D eigenvalue weighted by Crippen LogP contribution is 2.46. The van der Waals surface area contributed by atoms with Crippen LogP contribution < -0.4 is 4.74 Å². The maximum Gasteiger partial charge on any atom is 0.335 e. The second-order valence-corrected chi connectivity index (χ2v) is 6.75. The zero-order valence-corrected chi connectivity index (χ0v) is 15.6. The third-order valence-corrected chi connectivity index (χ3v) is 4.82. The maximum atomic E-state index is 11.6. The number of carboxylic acid groups (broad SMARTS) is 2. The minimum absolute atomic E-state index is 0.0414. The van der Waals surface area contributed by atoms with E-state index in [2.05, 4.69) is 16.5 Å². The van der Waals surface area contributed by atoms with E-state index in [-0.39, 0.29) is 28.0 Å². The second-order valence-electron chi connectivity index (χ2n) is 6.37. The zero-order chi connectivity index (χ0) is 20.7. The van der Waals surface area contributed by atoms with E-state index in [9.17, 15) is 14.7 Å². The first kappa shape index (κ1) is 18.6. The smallest absolute Gasteiger partial charge is 0.335 e. The normalized spacial score (nSPS) is 14.3. The minimum atomic E-state index is -1.14. The number of nitrogens with zero attached hydrogens (tertiary/aromatic N) is 2. The number of ether oxygens (including phenoxy) is 1. The highest BCUT2D eigenvalue weighted by Gasteiger charge is 2.34. The fourth-order valence-corrected chi connectivity index (χ4v) is 3.32. The number of rotatable bonds is 4. The van der Waals surface area contributed by atoms with Gasteiger partial charge in [0.2, 0.25) is 11.8 Å². The van der Waals surface area contributed by atoms with E-state index in [1.54, 1.807) is 36.4 Å². The van der Waals surface area contributed by atoms with Crippen LogP contribution in [0, 0.1) is 0 Å². The molecular formula is C21H13ClN2O5. The van der Waals surface area contributed by atoms with Crippen molar-refractivity contribution in [3.8, 4) is 23.0 Å². The van der Waals surface area contributed by atoms with Crippen molar-refractivity contribution in [1.82, 2.24) is 9.97 Å². The summed E-state index contributed by atoms with van der Waals surface area (Å²) in [7, 11) is 0. The summed E-state index contributed by atoms with van der Waals surface area (Å²) < 4.78 is 5.81. The van der Waals surface area contributed by atoms with Crippen molar-refractivity contribution < 1.29 is 24.5 Å². The van der Waals surface area contributed by atoms with Gasteiger partial charge in [-0.2, -0.15) is 0 Å². The van der Waals surface area contributed by atoms with E-state index in [4.69, 9.17) is 21.4 Å². The fraction of sp³-hybridized carbons (Fsp3) is 0.0476. The Kier molecular flexibility index (Phi) is 4.52. The average molecular weight is 409 g/mol. The molecule has 1 aromatic carbocycles. The van der Waals surface area contributed by atoms with Crippen LogP contribution in [0.25, 0.3) is 11.3 Å².